The van der Waals surface area contributed by atoms with Gasteiger partial charge in [-0.3, -0.25) is 4.79 Å². The van der Waals surface area contributed by atoms with Crippen LogP contribution in [0.1, 0.15) is 37.7 Å². The number of methoxy groups -OCH3 is 1. The summed E-state index contributed by atoms with van der Waals surface area (Å²) in [6, 6.07) is 5.77. The first-order chi connectivity index (χ1) is 9.19. The van der Waals surface area contributed by atoms with Crippen molar-refractivity contribution in [2.45, 2.75) is 38.5 Å². The van der Waals surface area contributed by atoms with E-state index in [2.05, 4.69) is 15.9 Å². The molecule has 1 fully saturated rings. The normalized spacial score (nSPS) is 15.2. The van der Waals surface area contributed by atoms with Crippen LogP contribution in [0.15, 0.2) is 34.3 Å². The van der Waals surface area contributed by atoms with E-state index in [9.17, 15) is 4.79 Å². The molecule has 1 aliphatic rings. The fourth-order valence-electron chi connectivity index (χ4n) is 2.50. The number of benzene rings is 1. The van der Waals surface area contributed by atoms with Gasteiger partial charge in [0.05, 0.1) is 7.11 Å². The first-order valence-corrected chi connectivity index (χ1v) is 7.53. The third kappa shape index (κ3) is 4.20. The highest BCUT2D eigenvalue weighted by Gasteiger charge is 2.11. The second-order valence-corrected chi connectivity index (χ2v) is 5.88. The van der Waals surface area contributed by atoms with Crippen molar-refractivity contribution in [3.05, 3.63) is 39.9 Å². The topological polar surface area (TPSA) is 26.3 Å². The van der Waals surface area contributed by atoms with Gasteiger partial charge in [-0.05, 0) is 50.0 Å². The van der Waals surface area contributed by atoms with Gasteiger partial charge in [-0.1, -0.05) is 27.9 Å². The lowest BCUT2D eigenvalue weighted by Crippen LogP contribution is -2.04. The Morgan fingerprint density at radius 3 is 2.74 bits per heavy atom. The maximum Gasteiger partial charge on any atom is 0.160 e. The van der Waals surface area contributed by atoms with Crippen LogP contribution in [0, 0.1) is 0 Å². The zero-order chi connectivity index (χ0) is 13.7. The molecule has 0 bridgehead atoms. The molecule has 0 N–H and O–H groups in total. The van der Waals surface area contributed by atoms with Gasteiger partial charge in [-0.25, -0.2) is 0 Å². The number of ketones is 1. The molecule has 1 aromatic rings. The van der Waals surface area contributed by atoms with Crippen molar-refractivity contribution in [2.24, 2.45) is 0 Å². The van der Waals surface area contributed by atoms with Gasteiger partial charge in [-0.15, -0.1) is 0 Å². The van der Waals surface area contributed by atoms with Gasteiger partial charge in [0, 0.05) is 16.5 Å². The van der Waals surface area contributed by atoms with E-state index in [4.69, 9.17) is 4.74 Å². The predicted molar refractivity (Wildman–Crippen MR) is 80.6 cm³/mol. The molecule has 0 spiro atoms. The highest BCUT2D eigenvalue weighted by molar-refractivity contribution is 9.10. The summed E-state index contributed by atoms with van der Waals surface area (Å²) in [5.74, 6) is 0.951. The Bertz CT molecular complexity index is 484. The summed E-state index contributed by atoms with van der Waals surface area (Å²) in [5.41, 5.74) is 2.25. The monoisotopic (exact) mass is 322 g/mol. The van der Waals surface area contributed by atoms with Crippen molar-refractivity contribution in [1.82, 2.24) is 0 Å². The minimum Gasteiger partial charge on any atom is -0.496 e. The maximum absolute atomic E-state index is 12.1. The molecule has 0 heterocycles. The van der Waals surface area contributed by atoms with E-state index in [1.165, 1.54) is 24.8 Å². The zero-order valence-electron chi connectivity index (χ0n) is 11.2. The fourth-order valence-corrected chi connectivity index (χ4v) is 2.91. The van der Waals surface area contributed by atoms with Crippen molar-refractivity contribution >= 4 is 21.7 Å². The van der Waals surface area contributed by atoms with Gasteiger partial charge in [-0.2, -0.15) is 0 Å². The average molecular weight is 323 g/mol. The number of ether oxygens (including phenoxy) is 1. The summed E-state index contributed by atoms with van der Waals surface area (Å²) < 4.78 is 6.27. The van der Waals surface area contributed by atoms with E-state index in [1.807, 2.05) is 24.3 Å². The lowest BCUT2D eigenvalue weighted by Gasteiger charge is -2.13. The summed E-state index contributed by atoms with van der Waals surface area (Å²) in [6.07, 6.45) is 8.16. The summed E-state index contributed by atoms with van der Waals surface area (Å²) in [6.45, 7) is 0. The smallest absolute Gasteiger partial charge is 0.160 e. The molecule has 19 heavy (non-hydrogen) atoms. The van der Waals surface area contributed by atoms with Crippen molar-refractivity contribution in [1.29, 1.82) is 0 Å². The first kappa shape index (κ1) is 14.3. The van der Waals surface area contributed by atoms with Crippen LogP contribution in [0.25, 0.3) is 0 Å². The predicted octanol–water partition coefficient (Wildman–Crippen LogP) is 4.46. The zero-order valence-corrected chi connectivity index (χ0v) is 12.8. The second-order valence-electron chi connectivity index (χ2n) is 4.96. The number of carbonyl (C=O) groups excluding carboxylic acids is 1. The van der Waals surface area contributed by atoms with Gasteiger partial charge in [0.25, 0.3) is 0 Å². The Hall–Kier alpha value is -1.09. The highest BCUT2D eigenvalue weighted by Crippen LogP contribution is 2.25. The summed E-state index contributed by atoms with van der Waals surface area (Å²) in [5, 5.41) is 0. The van der Waals surface area contributed by atoms with Crippen molar-refractivity contribution in [3.8, 4) is 5.75 Å². The van der Waals surface area contributed by atoms with Gasteiger partial charge < -0.3 is 4.74 Å². The Morgan fingerprint density at radius 1 is 1.32 bits per heavy atom. The van der Waals surface area contributed by atoms with Crippen LogP contribution in [-0.2, 0) is 11.2 Å². The third-order valence-corrected chi connectivity index (χ3v) is 3.96. The molecular weight excluding hydrogens is 304 g/mol. The van der Waals surface area contributed by atoms with Gasteiger partial charge in [0.15, 0.2) is 5.78 Å². The quantitative estimate of drug-likeness (QED) is 0.765. The Morgan fingerprint density at radius 2 is 2.05 bits per heavy atom. The molecule has 2 nitrogen and oxygen atoms in total. The largest absolute Gasteiger partial charge is 0.496 e. The highest BCUT2D eigenvalue weighted by atomic mass is 79.9. The van der Waals surface area contributed by atoms with Crippen LogP contribution < -0.4 is 4.74 Å². The van der Waals surface area contributed by atoms with E-state index in [-0.39, 0.29) is 5.78 Å². The van der Waals surface area contributed by atoms with Gasteiger partial charge >= 0.3 is 0 Å². The summed E-state index contributed by atoms with van der Waals surface area (Å²) >= 11 is 3.43. The molecule has 1 aliphatic carbocycles. The van der Waals surface area contributed by atoms with Crippen molar-refractivity contribution in [2.75, 3.05) is 7.11 Å². The molecule has 0 radical (unpaired) electrons. The molecule has 3 heteroatoms. The van der Waals surface area contributed by atoms with Gasteiger partial charge in [0.2, 0.25) is 0 Å². The summed E-state index contributed by atoms with van der Waals surface area (Å²) in [7, 11) is 1.64. The lowest BCUT2D eigenvalue weighted by molar-refractivity contribution is -0.114. The van der Waals surface area contributed by atoms with Crippen LogP contribution in [0.5, 0.6) is 5.75 Å². The van der Waals surface area contributed by atoms with Crippen molar-refractivity contribution < 1.29 is 9.53 Å². The van der Waals surface area contributed by atoms with Gasteiger partial charge in [0.1, 0.15) is 5.75 Å². The standard InChI is InChI=1S/C16H19BrO2/c1-19-16-8-7-14(17)10-13(16)11-15(18)9-12-5-3-2-4-6-12/h7-10H,2-6,11H2,1H3. The van der Waals surface area contributed by atoms with E-state index < -0.39 is 0 Å². The van der Waals surface area contributed by atoms with Crippen LogP contribution in [0.4, 0.5) is 0 Å². The Balaban J connectivity index is 2.07. The lowest BCUT2D eigenvalue weighted by atomic mass is 9.93. The van der Waals surface area contributed by atoms with Crippen LogP contribution in [0.3, 0.4) is 0 Å². The van der Waals surface area contributed by atoms with Crippen molar-refractivity contribution in [3.63, 3.8) is 0 Å². The molecule has 0 atom stereocenters. The van der Waals surface area contributed by atoms with Crippen LogP contribution in [-0.4, -0.2) is 12.9 Å². The molecule has 2 rings (SSSR count). The van der Waals surface area contributed by atoms with E-state index in [1.54, 1.807) is 7.11 Å². The molecular formula is C16H19BrO2. The number of rotatable bonds is 4. The summed E-state index contributed by atoms with van der Waals surface area (Å²) in [4.78, 5) is 12.1. The number of carbonyl (C=O) groups is 1. The SMILES string of the molecule is COc1ccc(Br)cc1CC(=O)C=C1CCCCC1. The molecule has 0 aliphatic heterocycles. The van der Waals surface area contributed by atoms with E-state index in [0.29, 0.717) is 6.42 Å². The first-order valence-electron chi connectivity index (χ1n) is 6.74. The van der Waals surface area contributed by atoms with Crippen LogP contribution in [0.2, 0.25) is 0 Å². The molecule has 0 unspecified atom stereocenters. The molecule has 0 amide bonds. The number of allylic oxidation sites excluding steroid dienone is 2. The van der Waals surface area contributed by atoms with E-state index in [0.717, 1.165) is 28.6 Å². The number of hydrogen-bond donors (Lipinski definition) is 0. The maximum atomic E-state index is 12.1. The number of halogens is 1. The fraction of sp³-hybridized carbons (Fsp3) is 0.438. The van der Waals surface area contributed by atoms with E-state index >= 15 is 0 Å². The average Bonchev–Trinajstić information content (AvgIpc) is 2.40. The Labute approximate surface area is 123 Å². The molecule has 102 valence electrons. The Kier molecular flexibility index (Phi) is 5.20. The molecule has 0 saturated heterocycles. The minimum atomic E-state index is 0.174. The van der Waals surface area contributed by atoms with Crippen LogP contribution >= 0.6 is 15.9 Å². The molecule has 0 aromatic heterocycles. The minimum absolute atomic E-state index is 0.174. The molecule has 1 aromatic carbocycles. The second kappa shape index (κ2) is 6.90. The number of hydrogen-bond acceptors (Lipinski definition) is 2. The molecule has 1 saturated carbocycles. The third-order valence-electron chi connectivity index (χ3n) is 3.47.